The van der Waals surface area contributed by atoms with Gasteiger partial charge < -0.3 is 14.2 Å². The topological polar surface area (TPSA) is 37.7 Å². The molecule has 0 unspecified atom stereocenters. The van der Waals surface area contributed by atoms with Gasteiger partial charge in [-0.1, -0.05) is 11.6 Å². The highest BCUT2D eigenvalue weighted by atomic mass is 35.5. The van der Waals surface area contributed by atoms with E-state index in [0.717, 1.165) is 47.4 Å². The second-order valence-electron chi connectivity index (χ2n) is 7.82. The van der Waals surface area contributed by atoms with E-state index >= 15 is 0 Å². The summed E-state index contributed by atoms with van der Waals surface area (Å²) in [4.78, 5) is 15.8. The van der Waals surface area contributed by atoms with Gasteiger partial charge in [0.25, 0.3) is 0 Å². The first-order chi connectivity index (χ1) is 14.4. The minimum Gasteiger partial charge on any atom is -0.490 e. The smallest absolute Gasteiger partial charge is 0.222 e. The van der Waals surface area contributed by atoms with Crippen LogP contribution in [0.15, 0.2) is 42.6 Å². The van der Waals surface area contributed by atoms with E-state index in [1.807, 2.05) is 22.9 Å². The summed E-state index contributed by atoms with van der Waals surface area (Å²) in [6, 6.07) is 10.6. The van der Waals surface area contributed by atoms with Crippen molar-refractivity contribution in [1.29, 1.82) is 0 Å². The fraction of sp³-hybridized carbons (Fsp3) is 0.348. The zero-order valence-corrected chi connectivity index (χ0v) is 18.0. The lowest BCUT2D eigenvalue weighted by Crippen LogP contribution is -2.28. The maximum Gasteiger partial charge on any atom is 0.222 e. The van der Waals surface area contributed by atoms with E-state index in [2.05, 4.69) is 11.0 Å². The van der Waals surface area contributed by atoms with Gasteiger partial charge in [0.15, 0.2) is 0 Å². The maximum absolute atomic E-state index is 13.5. The maximum atomic E-state index is 13.5. The third kappa shape index (κ3) is 4.30. The summed E-state index contributed by atoms with van der Waals surface area (Å²) < 4.78 is 21.5. The lowest BCUT2D eigenvalue weighted by Gasteiger charge is -2.20. The van der Waals surface area contributed by atoms with Crippen LogP contribution in [0.5, 0.6) is 5.75 Å². The van der Waals surface area contributed by atoms with Crippen molar-refractivity contribution in [1.82, 2.24) is 14.4 Å². The Morgan fingerprint density at radius 1 is 1.23 bits per heavy atom. The van der Waals surface area contributed by atoms with Crippen LogP contribution >= 0.6 is 11.6 Å². The van der Waals surface area contributed by atoms with E-state index in [0.29, 0.717) is 24.6 Å². The van der Waals surface area contributed by atoms with E-state index in [-0.39, 0.29) is 11.7 Å². The third-order valence-corrected chi connectivity index (χ3v) is 5.73. The van der Waals surface area contributed by atoms with Crippen LogP contribution in [0.4, 0.5) is 4.39 Å². The molecule has 30 heavy (non-hydrogen) atoms. The Morgan fingerprint density at radius 2 is 2.07 bits per heavy atom. The summed E-state index contributed by atoms with van der Waals surface area (Å²) in [6.07, 6.45) is 3.25. The van der Waals surface area contributed by atoms with Gasteiger partial charge in [-0.05, 0) is 49.4 Å². The molecule has 0 bridgehead atoms. The Bertz CT molecular complexity index is 1080. The molecular weight excluding hydrogens is 405 g/mol. The first-order valence-electron chi connectivity index (χ1n) is 10.1. The molecule has 1 aliphatic heterocycles. The highest BCUT2D eigenvalue weighted by Crippen LogP contribution is 2.35. The highest BCUT2D eigenvalue weighted by Gasteiger charge is 2.20. The summed E-state index contributed by atoms with van der Waals surface area (Å²) >= 11 is 6.57. The summed E-state index contributed by atoms with van der Waals surface area (Å²) in [5, 5.41) is 1.40. The van der Waals surface area contributed by atoms with Crippen LogP contribution in [0.25, 0.3) is 16.6 Å². The molecule has 0 saturated heterocycles. The second-order valence-corrected chi connectivity index (χ2v) is 8.23. The molecule has 2 heterocycles. The number of hydrogen-bond donors (Lipinski definition) is 0. The molecule has 3 aromatic rings. The molecule has 0 aliphatic carbocycles. The van der Waals surface area contributed by atoms with Crippen LogP contribution in [0, 0.1) is 5.82 Å². The molecule has 158 valence electrons. The number of nitrogens with zero attached hydrogens (tertiary/aromatic N) is 3. The quantitative estimate of drug-likeness (QED) is 0.600. The zero-order chi connectivity index (χ0) is 21.3. The molecule has 1 aromatic heterocycles. The molecule has 7 heteroatoms. The Labute approximate surface area is 180 Å². The lowest BCUT2D eigenvalue weighted by molar-refractivity contribution is -0.128. The number of aromatic nitrogens is 1. The number of fused-ring (bicyclic) bond motifs is 2. The van der Waals surface area contributed by atoms with Crippen molar-refractivity contribution in [3.05, 3.63) is 59.0 Å². The van der Waals surface area contributed by atoms with Gasteiger partial charge >= 0.3 is 0 Å². The van der Waals surface area contributed by atoms with Crippen molar-refractivity contribution in [3.8, 4) is 11.4 Å². The average Bonchev–Trinajstić information content (AvgIpc) is 3.00. The van der Waals surface area contributed by atoms with Crippen LogP contribution in [-0.2, 0) is 11.3 Å². The Balaban J connectivity index is 1.58. The van der Waals surface area contributed by atoms with Crippen molar-refractivity contribution in [3.63, 3.8) is 0 Å². The van der Waals surface area contributed by atoms with Crippen molar-refractivity contribution in [2.24, 2.45) is 0 Å². The lowest BCUT2D eigenvalue weighted by atomic mass is 10.1. The minimum atomic E-state index is -0.253. The molecule has 2 aromatic carbocycles. The molecule has 0 atom stereocenters. The number of ether oxygens (including phenoxy) is 1. The van der Waals surface area contributed by atoms with Gasteiger partial charge in [-0.3, -0.25) is 9.69 Å². The van der Waals surface area contributed by atoms with Gasteiger partial charge in [-0.15, -0.1) is 0 Å². The number of hydrogen-bond acceptors (Lipinski definition) is 3. The van der Waals surface area contributed by atoms with E-state index in [9.17, 15) is 9.18 Å². The number of rotatable bonds is 5. The van der Waals surface area contributed by atoms with Gasteiger partial charge in [0, 0.05) is 56.4 Å². The number of halogens is 2. The molecule has 1 amide bonds. The largest absolute Gasteiger partial charge is 0.490 e. The standard InChI is InChI=1S/C23H25ClFN3O2/c1-26(2)22(29)4-3-8-27-10-11-30-23-17(15-27)13-19(14-20(23)24)28-9-7-16-12-18(25)5-6-21(16)28/h5-7,9,12-14H,3-4,8,10-11,15H2,1-2H3. The molecule has 0 N–H and O–H groups in total. The molecule has 5 nitrogen and oxygen atoms in total. The molecule has 0 radical (unpaired) electrons. The van der Waals surface area contributed by atoms with Crippen LogP contribution in [-0.4, -0.2) is 54.1 Å². The zero-order valence-electron chi connectivity index (χ0n) is 17.2. The predicted molar refractivity (Wildman–Crippen MR) is 117 cm³/mol. The number of benzene rings is 2. The SMILES string of the molecule is CN(C)C(=O)CCCN1CCOc2c(Cl)cc(-n3ccc4cc(F)ccc43)cc2C1. The molecule has 1 aliphatic rings. The normalized spacial score (nSPS) is 14.3. The monoisotopic (exact) mass is 429 g/mol. The predicted octanol–water partition coefficient (Wildman–Crippen LogP) is 4.49. The Hall–Kier alpha value is -2.57. The van der Waals surface area contributed by atoms with Crippen molar-refractivity contribution < 1.29 is 13.9 Å². The van der Waals surface area contributed by atoms with E-state index in [4.69, 9.17) is 16.3 Å². The van der Waals surface area contributed by atoms with E-state index < -0.39 is 0 Å². The van der Waals surface area contributed by atoms with Gasteiger partial charge in [0.2, 0.25) is 5.91 Å². The number of carbonyl (C=O) groups excluding carboxylic acids is 1. The fourth-order valence-electron chi connectivity index (χ4n) is 3.86. The Kier molecular flexibility index (Phi) is 5.97. The van der Waals surface area contributed by atoms with Crippen LogP contribution in [0.3, 0.4) is 0 Å². The van der Waals surface area contributed by atoms with Crippen LogP contribution in [0.1, 0.15) is 18.4 Å². The van der Waals surface area contributed by atoms with E-state index in [1.165, 1.54) is 12.1 Å². The van der Waals surface area contributed by atoms with Gasteiger partial charge in [0.05, 0.1) is 10.5 Å². The third-order valence-electron chi connectivity index (χ3n) is 5.45. The first kappa shape index (κ1) is 20.7. The second kappa shape index (κ2) is 8.66. The first-order valence-corrected chi connectivity index (χ1v) is 10.4. The summed E-state index contributed by atoms with van der Waals surface area (Å²) in [5.41, 5.74) is 2.84. The Morgan fingerprint density at radius 3 is 2.87 bits per heavy atom. The van der Waals surface area contributed by atoms with Crippen molar-refractivity contribution in [2.45, 2.75) is 19.4 Å². The summed E-state index contributed by atoms with van der Waals surface area (Å²) in [5.74, 6) is 0.606. The molecule has 4 rings (SSSR count). The fourth-order valence-corrected chi connectivity index (χ4v) is 4.14. The van der Waals surface area contributed by atoms with Gasteiger partial charge in [0.1, 0.15) is 18.2 Å². The highest BCUT2D eigenvalue weighted by molar-refractivity contribution is 6.32. The molecule has 0 spiro atoms. The average molecular weight is 430 g/mol. The molecule has 0 fully saturated rings. The van der Waals surface area contributed by atoms with Crippen LogP contribution in [0.2, 0.25) is 5.02 Å². The van der Waals surface area contributed by atoms with Gasteiger partial charge in [-0.2, -0.15) is 0 Å². The van der Waals surface area contributed by atoms with Crippen molar-refractivity contribution >= 4 is 28.4 Å². The summed E-state index contributed by atoms with van der Waals surface area (Å²) in [7, 11) is 3.56. The number of carbonyl (C=O) groups is 1. The molecule has 0 saturated carbocycles. The molecular formula is C23H25ClFN3O2. The van der Waals surface area contributed by atoms with Crippen LogP contribution < -0.4 is 4.74 Å². The number of amides is 1. The van der Waals surface area contributed by atoms with Gasteiger partial charge in [-0.25, -0.2) is 4.39 Å². The van der Waals surface area contributed by atoms with Crippen molar-refractivity contribution in [2.75, 3.05) is 33.8 Å². The summed E-state index contributed by atoms with van der Waals surface area (Å²) in [6.45, 7) is 2.85. The van der Waals surface area contributed by atoms with E-state index in [1.54, 1.807) is 25.1 Å². The minimum absolute atomic E-state index is 0.141.